The number of rotatable bonds is 8. The second kappa shape index (κ2) is 9.36. The zero-order valence-electron chi connectivity index (χ0n) is 21.8. The number of amides is 1. The standard InChI is InChI=1S/C29H33FN4O4/c1-18(2)37-21-7-5-19(6-8-21)22-15-24(31-16-23(22)30)34(27(35)36)17-28-9-12-29(13-10-28,14-11-28)26-32-25(33-38-26)20-3-4-20/h5-8,15-16,18,20H,3-4,9-14,17H2,1-2H3,(H,35,36). The fourth-order valence-corrected chi connectivity index (χ4v) is 6.14. The molecule has 38 heavy (non-hydrogen) atoms. The van der Waals surface area contributed by atoms with Crippen molar-refractivity contribution < 1.29 is 23.6 Å². The Morgan fingerprint density at radius 3 is 2.45 bits per heavy atom. The molecule has 0 radical (unpaired) electrons. The number of ether oxygens (including phenoxy) is 1. The van der Waals surface area contributed by atoms with Crippen molar-refractivity contribution in [2.24, 2.45) is 5.41 Å². The Hall–Kier alpha value is -3.49. The van der Waals surface area contributed by atoms with E-state index in [1.54, 1.807) is 24.3 Å². The molecule has 1 aromatic carbocycles. The third-order valence-corrected chi connectivity index (χ3v) is 8.62. The van der Waals surface area contributed by atoms with Crippen LogP contribution in [0.1, 0.15) is 82.8 Å². The van der Waals surface area contributed by atoms with Gasteiger partial charge < -0.3 is 14.4 Å². The number of carbonyl (C=O) groups is 1. The summed E-state index contributed by atoms with van der Waals surface area (Å²) >= 11 is 0. The minimum atomic E-state index is -1.08. The first kappa shape index (κ1) is 24.8. The van der Waals surface area contributed by atoms with Crippen molar-refractivity contribution in [1.29, 1.82) is 0 Å². The van der Waals surface area contributed by atoms with E-state index in [0.717, 1.165) is 69.3 Å². The Morgan fingerprint density at radius 1 is 1.16 bits per heavy atom. The van der Waals surface area contributed by atoms with E-state index in [0.29, 0.717) is 29.3 Å². The lowest BCUT2D eigenvalue weighted by atomic mass is 9.53. The molecule has 200 valence electrons. The third-order valence-electron chi connectivity index (χ3n) is 8.62. The normalized spacial score (nSPS) is 24.5. The van der Waals surface area contributed by atoms with Gasteiger partial charge in [0, 0.05) is 23.4 Å². The highest BCUT2D eigenvalue weighted by molar-refractivity contribution is 5.86. The zero-order valence-corrected chi connectivity index (χ0v) is 21.8. The van der Waals surface area contributed by atoms with Crippen LogP contribution in [0.5, 0.6) is 5.75 Å². The summed E-state index contributed by atoms with van der Waals surface area (Å²) in [6.07, 6.45) is 7.67. The highest BCUT2D eigenvalue weighted by Crippen LogP contribution is 2.58. The first-order chi connectivity index (χ1) is 18.3. The van der Waals surface area contributed by atoms with Crippen LogP contribution in [0.4, 0.5) is 15.0 Å². The van der Waals surface area contributed by atoms with Gasteiger partial charge in [-0.3, -0.25) is 4.90 Å². The average molecular weight is 521 g/mol. The van der Waals surface area contributed by atoms with Crippen molar-refractivity contribution in [3.05, 3.63) is 54.1 Å². The SMILES string of the molecule is CC(C)Oc1ccc(-c2cc(N(CC34CCC(c5nc(C6CC6)no5)(CC3)CC4)C(=O)O)ncc2F)cc1. The van der Waals surface area contributed by atoms with E-state index in [-0.39, 0.29) is 22.8 Å². The van der Waals surface area contributed by atoms with E-state index in [2.05, 4.69) is 10.1 Å². The van der Waals surface area contributed by atoms with Gasteiger partial charge in [-0.15, -0.1) is 0 Å². The van der Waals surface area contributed by atoms with Gasteiger partial charge in [0.2, 0.25) is 5.89 Å². The van der Waals surface area contributed by atoms with Crippen molar-refractivity contribution in [2.75, 3.05) is 11.4 Å². The topological polar surface area (TPSA) is 102 Å². The minimum Gasteiger partial charge on any atom is -0.491 e. The van der Waals surface area contributed by atoms with Crippen LogP contribution >= 0.6 is 0 Å². The van der Waals surface area contributed by atoms with Crippen LogP contribution in [-0.2, 0) is 5.41 Å². The number of halogens is 1. The molecule has 7 rings (SSSR count). The van der Waals surface area contributed by atoms with Gasteiger partial charge in [0.05, 0.1) is 12.3 Å². The van der Waals surface area contributed by atoms with E-state index in [1.165, 1.54) is 11.0 Å². The first-order valence-electron chi connectivity index (χ1n) is 13.5. The number of carboxylic acid groups (broad SMARTS) is 1. The van der Waals surface area contributed by atoms with Crippen molar-refractivity contribution >= 4 is 11.9 Å². The first-order valence-corrected chi connectivity index (χ1v) is 13.5. The lowest BCUT2D eigenvalue weighted by molar-refractivity contribution is 0.0279. The van der Waals surface area contributed by atoms with Crippen LogP contribution in [0.15, 0.2) is 41.1 Å². The molecular weight excluding hydrogens is 487 g/mol. The van der Waals surface area contributed by atoms with E-state index >= 15 is 0 Å². The minimum absolute atomic E-state index is 0.0329. The number of hydrogen-bond acceptors (Lipinski definition) is 6. The van der Waals surface area contributed by atoms with Crippen LogP contribution in [0.25, 0.3) is 11.1 Å². The summed E-state index contributed by atoms with van der Waals surface area (Å²) < 4.78 is 26.2. The Labute approximate surface area is 221 Å². The molecule has 2 heterocycles. The number of aromatic nitrogens is 3. The Bertz CT molecular complexity index is 1310. The quantitative estimate of drug-likeness (QED) is 0.352. The van der Waals surface area contributed by atoms with E-state index in [9.17, 15) is 14.3 Å². The maximum absolute atomic E-state index is 14.8. The van der Waals surface area contributed by atoms with Gasteiger partial charge in [0.25, 0.3) is 0 Å². The number of anilines is 1. The summed E-state index contributed by atoms with van der Waals surface area (Å²) in [5.74, 6) is 2.49. The van der Waals surface area contributed by atoms with Gasteiger partial charge in [0.15, 0.2) is 5.82 Å². The average Bonchev–Trinajstić information content (AvgIpc) is 3.64. The molecule has 2 aromatic heterocycles. The number of fused-ring (bicyclic) bond motifs is 3. The van der Waals surface area contributed by atoms with Crippen LogP contribution < -0.4 is 9.64 Å². The highest BCUT2D eigenvalue weighted by Gasteiger charge is 2.53. The summed E-state index contributed by atoms with van der Waals surface area (Å²) in [6.45, 7) is 4.21. The Kier molecular flexibility index (Phi) is 6.12. The lowest BCUT2D eigenvalue weighted by Gasteiger charge is -2.52. The van der Waals surface area contributed by atoms with Gasteiger partial charge in [0.1, 0.15) is 17.4 Å². The van der Waals surface area contributed by atoms with E-state index < -0.39 is 11.9 Å². The molecule has 4 aliphatic rings. The maximum atomic E-state index is 14.8. The summed E-state index contributed by atoms with van der Waals surface area (Å²) in [5.41, 5.74) is 0.703. The Morgan fingerprint density at radius 2 is 1.84 bits per heavy atom. The van der Waals surface area contributed by atoms with Gasteiger partial charge in [-0.2, -0.15) is 4.98 Å². The molecule has 0 spiro atoms. The smallest absolute Gasteiger partial charge is 0.413 e. The molecule has 8 nitrogen and oxygen atoms in total. The predicted octanol–water partition coefficient (Wildman–Crippen LogP) is 6.71. The summed E-state index contributed by atoms with van der Waals surface area (Å²) in [5, 5.41) is 14.4. The van der Waals surface area contributed by atoms with Gasteiger partial charge in [-0.05, 0) is 94.4 Å². The molecule has 4 aliphatic carbocycles. The molecule has 4 saturated carbocycles. The number of hydrogen-bond donors (Lipinski definition) is 1. The molecule has 1 amide bonds. The molecule has 0 unspecified atom stereocenters. The lowest BCUT2D eigenvalue weighted by Crippen LogP contribution is -2.50. The molecule has 2 bridgehead atoms. The van der Waals surface area contributed by atoms with Crippen LogP contribution in [0.2, 0.25) is 0 Å². The van der Waals surface area contributed by atoms with Gasteiger partial charge in [-0.25, -0.2) is 14.2 Å². The maximum Gasteiger partial charge on any atom is 0.413 e. The van der Waals surface area contributed by atoms with Crippen molar-refractivity contribution in [1.82, 2.24) is 15.1 Å². The fraction of sp³-hybridized carbons (Fsp3) is 0.517. The van der Waals surface area contributed by atoms with Crippen LogP contribution in [-0.4, -0.2) is 39.0 Å². The number of nitrogens with zero attached hydrogens (tertiary/aromatic N) is 4. The van der Waals surface area contributed by atoms with E-state index in [1.807, 2.05) is 13.8 Å². The van der Waals surface area contributed by atoms with E-state index in [4.69, 9.17) is 14.2 Å². The zero-order chi connectivity index (χ0) is 26.5. The molecule has 0 aliphatic heterocycles. The number of pyridine rings is 1. The molecule has 1 N–H and O–H groups in total. The van der Waals surface area contributed by atoms with Crippen LogP contribution in [0.3, 0.4) is 0 Å². The highest BCUT2D eigenvalue weighted by atomic mass is 19.1. The molecular formula is C29H33FN4O4. The summed E-state index contributed by atoms with van der Waals surface area (Å²) in [4.78, 5) is 22.6. The predicted molar refractivity (Wildman–Crippen MR) is 139 cm³/mol. The third kappa shape index (κ3) is 4.63. The molecule has 0 saturated heterocycles. The monoisotopic (exact) mass is 520 g/mol. The second-order valence-corrected chi connectivity index (χ2v) is 11.6. The van der Waals surface area contributed by atoms with Crippen molar-refractivity contribution in [2.45, 2.75) is 82.7 Å². The van der Waals surface area contributed by atoms with Gasteiger partial charge >= 0.3 is 6.09 Å². The van der Waals surface area contributed by atoms with Gasteiger partial charge in [-0.1, -0.05) is 17.3 Å². The molecule has 4 fully saturated rings. The van der Waals surface area contributed by atoms with Crippen molar-refractivity contribution in [3.8, 4) is 16.9 Å². The fourth-order valence-electron chi connectivity index (χ4n) is 6.14. The van der Waals surface area contributed by atoms with Crippen molar-refractivity contribution in [3.63, 3.8) is 0 Å². The molecule has 3 aromatic rings. The number of benzene rings is 1. The molecule has 9 heteroatoms. The molecule has 0 atom stereocenters. The van der Waals surface area contributed by atoms with Crippen LogP contribution in [0, 0.1) is 11.2 Å². The summed E-state index contributed by atoms with van der Waals surface area (Å²) in [6, 6.07) is 8.66. The second-order valence-electron chi connectivity index (χ2n) is 11.6. The largest absolute Gasteiger partial charge is 0.491 e. The Balaban J connectivity index is 1.20. The summed E-state index contributed by atoms with van der Waals surface area (Å²) in [7, 11) is 0.